The van der Waals surface area contributed by atoms with Gasteiger partial charge in [0.25, 0.3) is 5.91 Å². The number of ether oxygens (including phenoxy) is 1. The van der Waals surface area contributed by atoms with Crippen molar-refractivity contribution in [1.29, 1.82) is 0 Å². The number of rotatable bonds is 15. The zero-order valence-electron chi connectivity index (χ0n) is 36.0. The van der Waals surface area contributed by atoms with Crippen LogP contribution in [0.1, 0.15) is 117 Å². The van der Waals surface area contributed by atoms with E-state index < -0.39 is 85.4 Å². The minimum Gasteiger partial charge on any atom is -0.444 e. The van der Waals surface area contributed by atoms with E-state index in [0.29, 0.717) is 45.2 Å². The Kier molecular flexibility index (Phi) is 15.8. The van der Waals surface area contributed by atoms with Crippen LogP contribution < -0.4 is 21.3 Å². The van der Waals surface area contributed by atoms with Gasteiger partial charge in [0.15, 0.2) is 9.84 Å². The zero-order chi connectivity index (χ0) is 43.8. The van der Waals surface area contributed by atoms with Gasteiger partial charge in [0.05, 0.1) is 28.6 Å². The molecule has 4 rings (SSSR count). The number of nitrogens with zero attached hydrogens (tertiary/aromatic N) is 2. The number of hydrogen-bond acceptors (Lipinski definition) is 9. The molecule has 0 aromatic heterocycles. The van der Waals surface area contributed by atoms with E-state index in [1.165, 1.54) is 11.0 Å². The Bertz CT molecular complexity index is 1830. The van der Waals surface area contributed by atoms with Crippen LogP contribution in [0.25, 0.3) is 0 Å². The summed E-state index contributed by atoms with van der Waals surface area (Å²) in [5.74, 6) is -3.30. The van der Waals surface area contributed by atoms with Crippen molar-refractivity contribution in [3.8, 4) is 0 Å². The van der Waals surface area contributed by atoms with Crippen LogP contribution in [-0.4, -0.2) is 114 Å². The monoisotopic (exact) mass is 842 g/mol. The molecule has 1 saturated heterocycles. The highest BCUT2D eigenvalue weighted by Crippen LogP contribution is 2.33. The molecule has 16 heteroatoms. The van der Waals surface area contributed by atoms with Crippen LogP contribution in [0.4, 0.5) is 9.59 Å². The molecule has 59 heavy (non-hydrogen) atoms. The summed E-state index contributed by atoms with van der Waals surface area (Å²) in [5, 5.41) is 11.0. The highest BCUT2D eigenvalue weighted by molar-refractivity contribution is 7.92. The number of Topliss-reactive ketones (excluding diaryl/α,β-unsaturated/α-hetero) is 1. The Balaban J connectivity index is 1.61. The Morgan fingerprint density at radius 1 is 0.983 bits per heavy atom. The van der Waals surface area contributed by atoms with E-state index in [4.69, 9.17) is 4.74 Å². The molecule has 2 fully saturated rings. The average Bonchev–Trinajstić information content (AvgIpc) is 3.59. The molecule has 1 aromatic carbocycles. The van der Waals surface area contributed by atoms with Crippen molar-refractivity contribution in [3.63, 3.8) is 0 Å². The molecular formula is C43H66N6O9S. The van der Waals surface area contributed by atoms with Crippen LogP contribution in [0.5, 0.6) is 0 Å². The average molecular weight is 843 g/mol. The Morgan fingerprint density at radius 2 is 1.64 bits per heavy atom. The Labute approximate surface area is 350 Å². The summed E-state index contributed by atoms with van der Waals surface area (Å²) in [7, 11) is -3.64. The van der Waals surface area contributed by atoms with Crippen molar-refractivity contribution >= 4 is 45.5 Å². The third kappa shape index (κ3) is 12.3. The summed E-state index contributed by atoms with van der Waals surface area (Å²) < 4.78 is 31.8. The number of fused-ring (bicyclic) bond motifs is 1. The number of amides is 6. The van der Waals surface area contributed by atoms with Crippen molar-refractivity contribution in [1.82, 2.24) is 31.1 Å². The molecule has 1 aliphatic carbocycles. The van der Waals surface area contributed by atoms with E-state index in [0.717, 1.165) is 30.4 Å². The number of urea groups is 1. The molecule has 2 aliphatic heterocycles. The molecule has 0 bridgehead atoms. The molecule has 328 valence electrons. The maximum absolute atomic E-state index is 14.8. The summed E-state index contributed by atoms with van der Waals surface area (Å²) in [6.45, 7) is 16.3. The number of ketones is 1. The third-order valence-electron chi connectivity index (χ3n) is 11.6. The molecular weight excluding hydrogens is 777 g/mol. The smallest absolute Gasteiger partial charge is 0.410 e. The number of likely N-dealkylation sites (tertiary alicyclic amines) is 1. The quantitative estimate of drug-likeness (QED) is 0.147. The van der Waals surface area contributed by atoms with Crippen LogP contribution in [0.3, 0.4) is 0 Å². The highest BCUT2D eigenvalue weighted by Gasteiger charge is 2.48. The van der Waals surface area contributed by atoms with Gasteiger partial charge in [0, 0.05) is 26.1 Å². The van der Waals surface area contributed by atoms with Crippen LogP contribution in [0, 0.1) is 5.41 Å². The number of nitrogens with one attached hydrogen (secondary N) is 4. The fraction of sp³-hybridized carbons (Fsp3) is 0.674. The highest BCUT2D eigenvalue weighted by atomic mass is 32.2. The third-order valence-corrected chi connectivity index (χ3v) is 14.4. The second-order valence-corrected chi connectivity index (χ2v) is 21.1. The second kappa shape index (κ2) is 19.7. The summed E-state index contributed by atoms with van der Waals surface area (Å²) in [5.41, 5.74) is 0.194. The largest absolute Gasteiger partial charge is 0.444 e. The number of sulfone groups is 1. The van der Waals surface area contributed by atoms with Gasteiger partial charge in [-0.05, 0) is 63.0 Å². The maximum atomic E-state index is 14.8. The first-order chi connectivity index (χ1) is 27.6. The summed E-state index contributed by atoms with van der Waals surface area (Å²) >= 11 is 0. The lowest BCUT2D eigenvalue weighted by atomic mass is 9.83. The molecule has 6 amide bonds. The van der Waals surface area contributed by atoms with Gasteiger partial charge in [-0.1, -0.05) is 90.1 Å². The molecule has 3 aliphatic rings. The molecule has 1 saturated carbocycles. The van der Waals surface area contributed by atoms with Gasteiger partial charge in [-0.3, -0.25) is 19.2 Å². The first kappa shape index (κ1) is 47.2. The summed E-state index contributed by atoms with van der Waals surface area (Å²) in [6, 6.07) is 3.48. The number of carbonyl (C=O) groups excluding carboxylic acids is 6. The summed E-state index contributed by atoms with van der Waals surface area (Å²) in [6.07, 6.45) is 5.14. The molecule has 0 spiro atoms. The second-order valence-electron chi connectivity index (χ2n) is 18.4. The SMILES string of the molecule is C=CCNC(=O)C(=O)C(CCCC)NC(=O)[C@@H]1C[C@@H](OC(=O)N2CCc3ccccc3C2)CN1C(=O)C(NC(=O)NC1(CS(=O)(=O)C(C)(C)C)CCCCC1)C(C)(C)C. The predicted octanol–water partition coefficient (Wildman–Crippen LogP) is 4.33. The molecule has 2 unspecified atom stereocenters. The van der Waals surface area contributed by atoms with Gasteiger partial charge in [0.1, 0.15) is 18.2 Å². The van der Waals surface area contributed by atoms with E-state index >= 15 is 0 Å². The minimum atomic E-state index is -3.64. The van der Waals surface area contributed by atoms with Crippen LogP contribution in [-0.2, 0) is 46.7 Å². The number of unbranched alkanes of at least 4 members (excludes halogenated alkanes) is 1. The van der Waals surface area contributed by atoms with Crippen LogP contribution in [0.15, 0.2) is 36.9 Å². The van der Waals surface area contributed by atoms with Gasteiger partial charge < -0.3 is 35.8 Å². The van der Waals surface area contributed by atoms with Crippen molar-refractivity contribution in [2.45, 2.75) is 154 Å². The van der Waals surface area contributed by atoms with Crippen molar-refractivity contribution in [2.24, 2.45) is 5.41 Å². The zero-order valence-corrected chi connectivity index (χ0v) is 36.8. The van der Waals surface area contributed by atoms with Gasteiger partial charge in [-0.15, -0.1) is 6.58 Å². The summed E-state index contributed by atoms with van der Waals surface area (Å²) in [4.78, 5) is 85.4. The predicted molar refractivity (Wildman–Crippen MR) is 225 cm³/mol. The molecule has 4 atom stereocenters. The maximum Gasteiger partial charge on any atom is 0.410 e. The topological polar surface area (TPSA) is 200 Å². The Hall–Kier alpha value is -4.47. The number of benzene rings is 1. The van der Waals surface area contributed by atoms with Crippen molar-refractivity contribution in [2.75, 3.05) is 25.4 Å². The standard InChI is InChI=1S/C43H66N6O9S/c1-9-11-19-32(34(50)37(52)44-23-10-2)45-36(51)33-25-31(58-40(55)48-24-20-29-17-13-14-18-30(29)26-48)27-49(33)38(53)35(41(3,4)5)46-39(54)47-43(21-15-12-16-22-43)28-59(56,57)42(6,7)8/h10,13-14,17-18,31-33,35H,2,9,11-12,15-16,19-28H2,1,3-8H3,(H,44,52)(H,45,51)(H2,46,47,54)/t31-,32?,33+,35?/m1/s1. The van der Waals surface area contributed by atoms with Gasteiger partial charge >= 0.3 is 12.1 Å². The van der Waals surface area contributed by atoms with Gasteiger partial charge in [0.2, 0.25) is 17.6 Å². The van der Waals surface area contributed by atoms with Crippen LogP contribution in [0.2, 0.25) is 0 Å². The number of carbonyl (C=O) groups is 6. The normalized spacial score (nSPS) is 20.3. The van der Waals surface area contributed by atoms with E-state index in [9.17, 15) is 37.2 Å². The van der Waals surface area contributed by atoms with E-state index in [2.05, 4.69) is 27.8 Å². The lowest BCUT2D eigenvalue weighted by Crippen LogP contribution is -2.63. The fourth-order valence-corrected chi connectivity index (χ4v) is 9.46. The number of hydrogen-bond donors (Lipinski definition) is 4. The molecule has 15 nitrogen and oxygen atoms in total. The van der Waals surface area contributed by atoms with Crippen LogP contribution >= 0.6 is 0 Å². The van der Waals surface area contributed by atoms with Gasteiger partial charge in [-0.2, -0.15) is 0 Å². The minimum absolute atomic E-state index is 0.0574. The lowest BCUT2D eigenvalue weighted by molar-refractivity contribution is -0.143. The fourth-order valence-electron chi connectivity index (χ4n) is 7.94. The molecule has 4 N–H and O–H groups in total. The van der Waals surface area contributed by atoms with Crippen molar-refractivity contribution < 1.29 is 41.9 Å². The van der Waals surface area contributed by atoms with E-state index in [-0.39, 0.29) is 31.7 Å². The molecule has 2 heterocycles. The first-order valence-corrected chi connectivity index (χ1v) is 22.6. The van der Waals surface area contributed by atoms with E-state index in [1.807, 2.05) is 31.2 Å². The van der Waals surface area contributed by atoms with Crippen molar-refractivity contribution in [3.05, 3.63) is 48.0 Å². The lowest BCUT2D eigenvalue weighted by Gasteiger charge is -2.41. The van der Waals surface area contributed by atoms with E-state index in [1.54, 1.807) is 46.4 Å². The molecule has 0 radical (unpaired) electrons. The van der Waals surface area contributed by atoms with Gasteiger partial charge in [-0.25, -0.2) is 18.0 Å². The molecule has 1 aromatic rings. The Morgan fingerprint density at radius 3 is 2.25 bits per heavy atom. The first-order valence-electron chi connectivity index (χ1n) is 21.0.